The van der Waals surface area contributed by atoms with Gasteiger partial charge in [-0.1, -0.05) is 72.8 Å². The van der Waals surface area contributed by atoms with Crippen LogP contribution in [0.1, 0.15) is 5.56 Å². The number of nitriles is 1. The van der Waals surface area contributed by atoms with Crippen LogP contribution in [0.25, 0.3) is 49.9 Å². The standard InChI is InChI=1S/C30H19N3/c31-19-21-16-17-28(32-20-21)25-11-2-1-10-24(25)22-8-7-9-23(18-22)33-29-14-5-3-12-26(29)27-13-4-6-15-30(27)33/h1-18,20H. The Morgan fingerprint density at radius 1 is 0.636 bits per heavy atom. The van der Waals surface area contributed by atoms with E-state index < -0.39 is 0 Å². The van der Waals surface area contributed by atoms with E-state index in [0.717, 1.165) is 28.1 Å². The zero-order valence-electron chi connectivity index (χ0n) is 17.8. The molecule has 33 heavy (non-hydrogen) atoms. The van der Waals surface area contributed by atoms with Crippen LogP contribution in [-0.4, -0.2) is 9.55 Å². The molecule has 0 aliphatic carbocycles. The molecule has 0 atom stereocenters. The van der Waals surface area contributed by atoms with Crippen LogP contribution in [0.2, 0.25) is 0 Å². The Hall–Kier alpha value is -4.68. The third kappa shape index (κ3) is 3.17. The number of para-hydroxylation sites is 2. The van der Waals surface area contributed by atoms with Crippen molar-refractivity contribution in [2.45, 2.75) is 0 Å². The molecule has 0 aliphatic rings. The highest BCUT2D eigenvalue weighted by molar-refractivity contribution is 6.09. The highest BCUT2D eigenvalue weighted by Crippen LogP contribution is 2.35. The first-order valence-electron chi connectivity index (χ1n) is 10.9. The normalized spacial score (nSPS) is 11.0. The summed E-state index contributed by atoms with van der Waals surface area (Å²) in [4.78, 5) is 4.53. The molecule has 154 valence electrons. The number of rotatable bonds is 3. The minimum Gasteiger partial charge on any atom is -0.309 e. The van der Waals surface area contributed by atoms with Gasteiger partial charge in [0.05, 0.1) is 22.3 Å². The lowest BCUT2D eigenvalue weighted by Crippen LogP contribution is -1.95. The number of fused-ring (bicyclic) bond motifs is 3. The van der Waals surface area contributed by atoms with Gasteiger partial charge in [0, 0.05) is 28.2 Å². The summed E-state index contributed by atoms with van der Waals surface area (Å²) in [7, 11) is 0. The largest absolute Gasteiger partial charge is 0.309 e. The Morgan fingerprint density at radius 3 is 1.97 bits per heavy atom. The van der Waals surface area contributed by atoms with Crippen LogP contribution < -0.4 is 0 Å². The molecule has 0 amide bonds. The zero-order valence-corrected chi connectivity index (χ0v) is 17.8. The van der Waals surface area contributed by atoms with E-state index in [9.17, 15) is 0 Å². The molecule has 3 nitrogen and oxygen atoms in total. The summed E-state index contributed by atoms with van der Waals surface area (Å²) in [5.41, 5.74) is 8.19. The number of nitrogens with zero attached hydrogens (tertiary/aromatic N) is 3. The van der Waals surface area contributed by atoms with Gasteiger partial charge in [0.25, 0.3) is 0 Å². The van der Waals surface area contributed by atoms with Gasteiger partial charge in [-0.05, 0) is 47.5 Å². The summed E-state index contributed by atoms with van der Waals surface area (Å²) in [6.07, 6.45) is 1.63. The molecule has 2 aromatic heterocycles. The lowest BCUT2D eigenvalue weighted by atomic mass is 9.96. The first kappa shape index (κ1) is 19.0. The predicted molar refractivity (Wildman–Crippen MR) is 134 cm³/mol. The van der Waals surface area contributed by atoms with E-state index in [-0.39, 0.29) is 0 Å². The van der Waals surface area contributed by atoms with Crippen LogP contribution in [-0.2, 0) is 0 Å². The van der Waals surface area contributed by atoms with Crippen molar-refractivity contribution in [3.63, 3.8) is 0 Å². The second-order valence-electron chi connectivity index (χ2n) is 8.01. The maximum absolute atomic E-state index is 9.11. The SMILES string of the molecule is N#Cc1ccc(-c2ccccc2-c2cccc(-n3c4ccccc4c4ccccc43)c2)nc1. The zero-order chi connectivity index (χ0) is 22.2. The van der Waals surface area contributed by atoms with E-state index in [2.05, 4.69) is 107 Å². The van der Waals surface area contributed by atoms with E-state index >= 15 is 0 Å². The molecule has 0 bridgehead atoms. The minimum atomic E-state index is 0.560. The molecule has 0 spiro atoms. The van der Waals surface area contributed by atoms with Gasteiger partial charge in [-0.3, -0.25) is 4.98 Å². The summed E-state index contributed by atoms with van der Waals surface area (Å²) in [5.74, 6) is 0. The summed E-state index contributed by atoms with van der Waals surface area (Å²) in [5, 5.41) is 11.6. The van der Waals surface area contributed by atoms with Crippen LogP contribution in [0, 0.1) is 11.3 Å². The van der Waals surface area contributed by atoms with Crippen LogP contribution in [0.3, 0.4) is 0 Å². The van der Waals surface area contributed by atoms with Gasteiger partial charge in [0.2, 0.25) is 0 Å². The predicted octanol–water partition coefficient (Wildman–Crippen LogP) is 7.38. The number of pyridine rings is 1. The van der Waals surface area contributed by atoms with E-state index in [1.54, 1.807) is 6.20 Å². The third-order valence-electron chi connectivity index (χ3n) is 6.09. The van der Waals surface area contributed by atoms with Crippen LogP contribution in [0.15, 0.2) is 115 Å². The van der Waals surface area contributed by atoms with E-state index in [1.807, 2.05) is 18.2 Å². The first-order chi connectivity index (χ1) is 16.3. The topological polar surface area (TPSA) is 41.6 Å². The number of hydrogen-bond acceptors (Lipinski definition) is 2. The highest BCUT2D eigenvalue weighted by atomic mass is 15.0. The first-order valence-corrected chi connectivity index (χ1v) is 10.9. The Kier molecular flexibility index (Phi) is 4.49. The average molecular weight is 422 g/mol. The fraction of sp³-hybridized carbons (Fsp3) is 0. The molecule has 0 aliphatic heterocycles. The molecule has 2 heterocycles. The fourth-order valence-corrected chi connectivity index (χ4v) is 4.59. The number of benzene rings is 4. The van der Waals surface area contributed by atoms with E-state index in [1.165, 1.54) is 21.8 Å². The van der Waals surface area contributed by atoms with Gasteiger partial charge in [-0.2, -0.15) is 5.26 Å². The summed E-state index contributed by atoms with van der Waals surface area (Å²) in [6, 6.07) is 39.9. The molecule has 0 N–H and O–H groups in total. The number of hydrogen-bond donors (Lipinski definition) is 0. The van der Waals surface area contributed by atoms with Gasteiger partial charge >= 0.3 is 0 Å². The van der Waals surface area contributed by atoms with Crippen molar-refractivity contribution in [2.24, 2.45) is 0 Å². The molecule has 3 heteroatoms. The molecule has 0 unspecified atom stereocenters. The van der Waals surface area contributed by atoms with Crippen LogP contribution >= 0.6 is 0 Å². The quantitative estimate of drug-likeness (QED) is 0.299. The average Bonchev–Trinajstić information content (AvgIpc) is 3.23. The van der Waals surface area contributed by atoms with Crippen molar-refractivity contribution in [2.75, 3.05) is 0 Å². The molecule has 0 saturated heterocycles. The fourth-order valence-electron chi connectivity index (χ4n) is 4.59. The van der Waals surface area contributed by atoms with Crippen molar-refractivity contribution in [1.29, 1.82) is 5.26 Å². The van der Waals surface area contributed by atoms with Crippen molar-refractivity contribution in [3.8, 4) is 34.1 Å². The maximum atomic E-state index is 9.11. The van der Waals surface area contributed by atoms with E-state index in [0.29, 0.717) is 5.56 Å². The molecule has 6 rings (SSSR count). The molecule has 0 radical (unpaired) electrons. The van der Waals surface area contributed by atoms with Crippen molar-refractivity contribution < 1.29 is 0 Å². The Balaban J connectivity index is 1.55. The molecular formula is C30H19N3. The summed E-state index contributed by atoms with van der Waals surface area (Å²) < 4.78 is 2.33. The van der Waals surface area contributed by atoms with Crippen LogP contribution in [0.5, 0.6) is 0 Å². The molecule has 6 aromatic rings. The van der Waals surface area contributed by atoms with Gasteiger partial charge in [-0.25, -0.2) is 0 Å². The van der Waals surface area contributed by atoms with Crippen molar-refractivity contribution in [3.05, 3.63) is 121 Å². The van der Waals surface area contributed by atoms with E-state index in [4.69, 9.17) is 5.26 Å². The molecule has 0 saturated carbocycles. The Labute approximate surface area is 191 Å². The number of aromatic nitrogens is 2. The van der Waals surface area contributed by atoms with Gasteiger partial charge in [-0.15, -0.1) is 0 Å². The maximum Gasteiger partial charge on any atom is 0.101 e. The Bertz CT molecular complexity index is 1610. The minimum absolute atomic E-state index is 0.560. The lowest BCUT2D eigenvalue weighted by Gasteiger charge is -2.13. The van der Waals surface area contributed by atoms with Gasteiger partial charge in [0.1, 0.15) is 6.07 Å². The smallest absolute Gasteiger partial charge is 0.101 e. The summed E-state index contributed by atoms with van der Waals surface area (Å²) >= 11 is 0. The summed E-state index contributed by atoms with van der Waals surface area (Å²) in [6.45, 7) is 0. The van der Waals surface area contributed by atoms with Gasteiger partial charge < -0.3 is 4.57 Å². The Morgan fingerprint density at radius 2 is 1.30 bits per heavy atom. The lowest BCUT2D eigenvalue weighted by molar-refractivity contribution is 1.18. The highest BCUT2D eigenvalue weighted by Gasteiger charge is 2.13. The third-order valence-corrected chi connectivity index (χ3v) is 6.09. The van der Waals surface area contributed by atoms with Crippen molar-refractivity contribution in [1.82, 2.24) is 9.55 Å². The molecule has 0 fully saturated rings. The van der Waals surface area contributed by atoms with Crippen molar-refractivity contribution >= 4 is 21.8 Å². The molecule has 4 aromatic carbocycles. The second-order valence-corrected chi connectivity index (χ2v) is 8.01. The second kappa shape index (κ2) is 7.78. The van der Waals surface area contributed by atoms with Crippen LogP contribution in [0.4, 0.5) is 0 Å². The molecular weight excluding hydrogens is 402 g/mol. The van der Waals surface area contributed by atoms with Gasteiger partial charge in [0.15, 0.2) is 0 Å². The monoisotopic (exact) mass is 421 g/mol.